The molecule has 0 radical (unpaired) electrons. The number of fused-ring (bicyclic) bond motifs is 2. The molecule has 0 bridgehead atoms. The predicted octanol–water partition coefficient (Wildman–Crippen LogP) is 5.58. The lowest BCUT2D eigenvalue weighted by molar-refractivity contribution is -0.132. The van der Waals surface area contributed by atoms with Crippen LogP contribution in [0.5, 0.6) is 5.75 Å². The summed E-state index contributed by atoms with van der Waals surface area (Å²) in [5, 5.41) is 0.440. The van der Waals surface area contributed by atoms with Crippen molar-refractivity contribution in [3.8, 4) is 5.75 Å². The minimum atomic E-state index is -0.786. The van der Waals surface area contributed by atoms with Crippen molar-refractivity contribution in [3.63, 3.8) is 0 Å². The van der Waals surface area contributed by atoms with Crippen molar-refractivity contribution in [1.29, 1.82) is 0 Å². The van der Waals surface area contributed by atoms with Crippen molar-refractivity contribution in [2.24, 2.45) is 11.8 Å². The van der Waals surface area contributed by atoms with Crippen molar-refractivity contribution >= 4 is 38.4 Å². The summed E-state index contributed by atoms with van der Waals surface area (Å²) in [6.45, 7) is 4.60. The van der Waals surface area contributed by atoms with Gasteiger partial charge in [-0.25, -0.2) is 9.37 Å². The molecule has 3 aliphatic rings. The summed E-state index contributed by atoms with van der Waals surface area (Å²) in [4.78, 5) is 33.8. The first-order chi connectivity index (χ1) is 16.9. The number of aromatic nitrogens is 1. The SMILES string of the molecule is CCOc1ccc2nc(N3C(=O)C4=C(C(=O)C5CC(C)CCC5O4)C3c3cccc(F)c3)sc2c1. The fraction of sp³-hybridized carbons (Fsp3) is 0.370. The molecule has 1 saturated carbocycles. The Labute approximate surface area is 206 Å². The minimum Gasteiger partial charge on any atom is -0.494 e. The maximum absolute atomic E-state index is 14.3. The van der Waals surface area contributed by atoms with Crippen LogP contribution >= 0.6 is 11.3 Å². The second-order valence-electron chi connectivity index (χ2n) is 9.48. The second kappa shape index (κ2) is 8.45. The van der Waals surface area contributed by atoms with Gasteiger partial charge in [-0.1, -0.05) is 30.4 Å². The van der Waals surface area contributed by atoms with Gasteiger partial charge in [-0.05, 0) is 68.0 Å². The molecule has 2 aromatic carbocycles. The van der Waals surface area contributed by atoms with E-state index < -0.39 is 17.8 Å². The van der Waals surface area contributed by atoms with E-state index in [0.717, 1.165) is 35.2 Å². The lowest BCUT2D eigenvalue weighted by Gasteiger charge is -2.37. The van der Waals surface area contributed by atoms with E-state index in [1.54, 1.807) is 12.1 Å². The van der Waals surface area contributed by atoms with E-state index in [0.29, 0.717) is 28.8 Å². The molecule has 1 aromatic heterocycles. The van der Waals surface area contributed by atoms with Gasteiger partial charge in [0.2, 0.25) is 0 Å². The fourth-order valence-corrected chi connectivity index (χ4v) is 6.54. The monoisotopic (exact) mass is 492 g/mol. The fourth-order valence-electron chi connectivity index (χ4n) is 5.52. The second-order valence-corrected chi connectivity index (χ2v) is 10.5. The number of nitrogens with zero attached hydrogens (tertiary/aromatic N) is 2. The maximum Gasteiger partial charge on any atom is 0.296 e. The van der Waals surface area contributed by atoms with Gasteiger partial charge in [-0.2, -0.15) is 0 Å². The molecule has 0 saturated heterocycles. The van der Waals surface area contributed by atoms with E-state index in [1.165, 1.54) is 28.4 Å². The number of anilines is 1. The van der Waals surface area contributed by atoms with Crippen LogP contribution in [-0.4, -0.2) is 29.4 Å². The van der Waals surface area contributed by atoms with Crippen LogP contribution in [0.3, 0.4) is 0 Å². The molecule has 1 fully saturated rings. The molecule has 8 heteroatoms. The van der Waals surface area contributed by atoms with Gasteiger partial charge >= 0.3 is 0 Å². The molecule has 4 atom stereocenters. The van der Waals surface area contributed by atoms with Gasteiger partial charge in [-0.3, -0.25) is 14.5 Å². The average Bonchev–Trinajstić information content (AvgIpc) is 3.38. The van der Waals surface area contributed by atoms with Gasteiger partial charge in [0.15, 0.2) is 16.7 Å². The molecular formula is C27H25FN2O4S. The Morgan fingerprint density at radius 2 is 2.06 bits per heavy atom. The van der Waals surface area contributed by atoms with Crippen LogP contribution in [0, 0.1) is 17.7 Å². The average molecular weight is 493 g/mol. The topological polar surface area (TPSA) is 68.7 Å². The third-order valence-electron chi connectivity index (χ3n) is 7.14. The van der Waals surface area contributed by atoms with Gasteiger partial charge in [0.05, 0.1) is 34.4 Å². The third-order valence-corrected chi connectivity index (χ3v) is 8.16. The number of ether oxygens (including phenoxy) is 2. The first-order valence-electron chi connectivity index (χ1n) is 12.0. The largest absolute Gasteiger partial charge is 0.494 e. The standard InChI is InChI=1S/C27H25FN2O4S/c1-3-33-17-8-9-19-21(13-17)35-27(29-19)30-23(15-5-4-6-16(28)12-15)22-24(31)18-11-14(2)7-10-20(18)34-25(22)26(30)32/h4-6,8-9,12-14,18,20,23H,3,7,10-11H2,1-2H3. The number of thiazole rings is 1. The molecule has 4 unspecified atom stereocenters. The Balaban J connectivity index is 1.48. The summed E-state index contributed by atoms with van der Waals surface area (Å²) in [6, 6.07) is 10.9. The van der Waals surface area contributed by atoms with E-state index >= 15 is 0 Å². The molecule has 3 heterocycles. The number of carbonyl (C=O) groups is 2. The molecule has 6 rings (SSSR count). The minimum absolute atomic E-state index is 0.0624. The van der Waals surface area contributed by atoms with E-state index in [2.05, 4.69) is 6.92 Å². The quantitative estimate of drug-likeness (QED) is 0.476. The number of rotatable bonds is 4. The summed E-state index contributed by atoms with van der Waals surface area (Å²) < 4.78 is 27.0. The Bertz CT molecular complexity index is 1380. The molecule has 1 aliphatic carbocycles. The number of Topliss-reactive ketones (excluding diaryl/α,β-unsaturated/α-hetero) is 1. The summed E-state index contributed by atoms with van der Waals surface area (Å²) in [5.41, 5.74) is 1.57. The van der Waals surface area contributed by atoms with Crippen LogP contribution in [0.25, 0.3) is 10.2 Å². The third kappa shape index (κ3) is 3.62. The molecule has 180 valence electrons. The molecule has 0 spiro atoms. The highest BCUT2D eigenvalue weighted by atomic mass is 32.1. The first-order valence-corrected chi connectivity index (χ1v) is 12.8. The molecule has 35 heavy (non-hydrogen) atoms. The Hall–Kier alpha value is -3.26. The highest BCUT2D eigenvalue weighted by molar-refractivity contribution is 7.22. The van der Waals surface area contributed by atoms with E-state index in [1.807, 2.05) is 25.1 Å². The number of hydrogen-bond acceptors (Lipinski definition) is 6. The Kier molecular flexibility index (Phi) is 5.36. The van der Waals surface area contributed by atoms with Gasteiger partial charge in [0.1, 0.15) is 17.7 Å². The van der Waals surface area contributed by atoms with Crippen molar-refractivity contribution in [3.05, 3.63) is 65.2 Å². The van der Waals surface area contributed by atoms with E-state index in [4.69, 9.17) is 14.5 Å². The number of halogens is 1. The predicted molar refractivity (Wildman–Crippen MR) is 131 cm³/mol. The van der Waals surface area contributed by atoms with Crippen LogP contribution in [0.1, 0.15) is 44.7 Å². The number of benzene rings is 2. The van der Waals surface area contributed by atoms with Crippen LogP contribution in [0.2, 0.25) is 0 Å². The zero-order valence-electron chi connectivity index (χ0n) is 19.5. The Morgan fingerprint density at radius 1 is 1.20 bits per heavy atom. The zero-order chi connectivity index (χ0) is 24.3. The normalized spacial score (nSPS) is 26.1. The van der Waals surface area contributed by atoms with Gasteiger partial charge < -0.3 is 9.47 Å². The van der Waals surface area contributed by atoms with Crippen LogP contribution < -0.4 is 9.64 Å². The van der Waals surface area contributed by atoms with Crippen molar-refractivity contribution in [1.82, 2.24) is 4.98 Å². The molecular weight excluding hydrogens is 467 g/mol. The maximum atomic E-state index is 14.3. The van der Waals surface area contributed by atoms with Crippen LogP contribution in [0.15, 0.2) is 53.8 Å². The summed E-state index contributed by atoms with van der Waals surface area (Å²) in [5.74, 6) is 0.0495. The van der Waals surface area contributed by atoms with Crippen molar-refractivity contribution in [2.45, 2.75) is 45.3 Å². The van der Waals surface area contributed by atoms with Crippen LogP contribution in [-0.2, 0) is 14.3 Å². The number of ketones is 1. The van der Waals surface area contributed by atoms with Crippen LogP contribution in [0.4, 0.5) is 9.52 Å². The number of amides is 1. The highest BCUT2D eigenvalue weighted by Gasteiger charge is 2.53. The van der Waals surface area contributed by atoms with E-state index in [-0.39, 0.29) is 23.6 Å². The first kappa shape index (κ1) is 22.2. The smallest absolute Gasteiger partial charge is 0.296 e. The van der Waals surface area contributed by atoms with Gasteiger partial charge in [0.25, 0.3) is 5.91 Å². The van der Waals surface area contributed by atoms with Crippen molar-refractivity contribution in [2.75, 3.05) is 11.5 Å². The van der Waals surface area contributed by atoms with Gasteiger partial charge in [0, 0.05) is 0 Å². The number of hydrogen-bond donors (Lipinski definition) is 0. The molecule has 3 aromatic rings. The molecule has 2 aliphatic heterocycles. The number of carbonyl (C=O) groups excluding carboxylic acids is 2. The zero-order valence-corrected chi connectivity index (χ0v) is 20.3. The van der Waals surface area contributed by atoms with Crippen molar-refractivity contribution < 1.29 is 23.5 Å². The summed E-state index contributed by atoms with van der Waals surface area (Å²) >= 11 is 1.34. The van der Waals surface area contributed by atoms with Gasteiger partial charge in [-0.15, -0.1) is 0 Å². The van der Waals surface area contributed by atoms with E-state index in [9.17, 15) is 14.0 Å². The molecule has 0 N–H and O–H groups in total. The lowest BCUT2D eigenvalue weighted by Crippen LogP contribution is -2.41. The summed E-state index contributed by atoms with van der Waals surface area (Å²) in [7, 11) is 0. The highest BCUT2D eigenvalue weighted by Crippen LogP contribution is 2.50. The molecule has 6 nitrogen and oxygen atoms in total. The Morgan fingerprint density at radius 3 is 2.86 bits per heavy atom. The lowest BCUT2D eigenvalue weighted by atomic mass is 9.74. The molecule has 1 amide bonds. The summed E-state index contributed by atoms with van der Waals surface area (Å²) in [6.07, 6.45) is 2.14.